The summed E-state index contributed by atoms with van der Waals surface area (Å²) in [6, 6.07) is 0.916. The van der Waals surface area contributed by atoms with Crippen molar-refractivity contribution in [2.45, 2.75) is 46.7 Å². The van der Waals surface area contributed by atoms with Crippen LogP contribution in [0, 0.1) is 6.92 Å². The minimum Gasteiger partial charge on any atom is -0.352 e. The summed E-state index contributed by atoms with van der Waals surface area (Å²) in [5.74, 6) is 3.29. The third-order valence-corrected chi connectivity index (χ3v) is 3.50. The van der Waals surface area contributed by atoms with Gasteiger partial charge in [0, 0.05) is 24.0 Å². The Balaban J connectivity index is 2.65. The average Bonchev–Trinajstić information content (AvgIpc) is 2.56. The molecule has 0 saturated heterocycles. The summed E-state index contributed by atoms with van der Waals surface area (Å²) in [7, 11) is 0. The number of nitrogens with zero attached hydrogens (tertiary/aromatic N) is 2. The van der Waals surface area contributed by atoms with Crippen LogP contribution >= 0.6 is 11.8 Å². The number of nitrogens with one attached hydrogen (secondary N) is 1. The van der Waals surface area contributed by atoms with Crippen LogP contribution in [0.2, 0.25) is 0 Å². The maximum absolute atomic E-state index is 4.52. The number of aromatic nitrogens is 2. The van der Waals surface area contributed by atoms with E-state index in [1.807, 2.05) is 18.7 Å². The zero-order valence-corrected chi connectivity index (χ0v) is 11.8. The minimum atomic E-state index is 0.453. The van der Waals surface area contributed by atoms with E-state index in [0.717, 1.165) is 17.4 Å². The number of rotatable bonds is 6. The molecule has 3 nitrogen and oxygen atoms in total. The van der Waals surface area contributed by atoms with E-state index >= 15 is 0 Å². The van der Waals surface area contributed by atoms with Gasteiger partial charge in [-0.25, -0.2) is 4.98 Å². The van der Waals surface area contributed by atoms with E-state index in [9.17, 15) is 0 Å². The van der Waals surface area contributed by atoms with Gasteiger partial charge in [-0.05, 0) is 33.4 Å². The lowest BCUT2D eigenvalue weighted by molar-refractivity contribution is 0.601. The summed E-state index contributed by atoms with van der Waals surface area (Å²) in [6.07, 6.45) is 2.10. The molecular weight excluding hydrogens is 218 g/mol. The van der Waals surface area contributed by atoms with Crippen molar-refractivity contribution in [3.63, 3.8) is 0 Å². The Labute approximate surface area is 103 Å². The second-order valence-electron chi connectivity index (χ2n) is 4.41. The van der Waals surface area contributed by atoms with Gasteiger partial charge < -0.3 is 9.88 Å². The molecule has 0 aliphatic carbocycles. The van der Waals surface area contributed by atoms with Crippen molar-refractivity contribution < 1.29 is 0 Å². The standard InChI is InChI=1S/C12H23N3S/c1-6-16-8-11(5)14-12-13-10(4)7-15(12)9(2)3/h7,9,11H,6,8H2,1-5H3,(H,13,14). The summed E-state index contributed by atoms with van der Waals surface area (Å²) in [5.41, 5.74) is 1.08. The molecule has 0 aliphatic heterocycles. The van der Waals surface area contributed by atoms with E-state index in [-0.39, 0.29) is 0 Å². The van der Waals surface area contributed by atoms with Crippen LogP contribution in [0.1, 0.15) is 39.4 Å². The molecule has 0 bridgehead atoms. The fourth-order valence-corrected chi connectivity index (χ4v) is 2.25. The van der Waals surface area contributed by atoms with Crippen molar-refractivity contribution in [1.29, 1.82) is 0 Å². The molecule has 1 heterocycles. The maximum Gasteiger partial charge on any atom is 0.203 e. The quantitative estimate of drug-likeness (QED) is 0.828. The van der Waals surface area contributed by atoms with Crippen LogP contribution in [0.5, 0.6) is 0 Å². The molecule has 0 aliphatic rings. The van der Waals surface area contributed by atoms with Crippen molar-refractivity contribution in [2.75, 3.05) is 16.8 Å². The monoisotopic (exact) mass is 241 g/mol. The number of thioether (sulfide) groups is 1. The second-order valence-corrected chi connectivity index (χ2v) is 5.73. The fraction of sp³-hybridized carbons (Fsp3) is 0.750. The van der Waals surface area contributed by atoms with Gasteiger partial charge in [0.25, 0.3) is 0 Å². The lowest BCUT2D eigenvalue weighted by Crippen LogP contribution is -2.21. The Bertz CT molecular complexity index is 320. The summed E-state index contributed by atoms with van der Waals surface area (Å²) >= 11 is 1.96. The molecule has 1 atom stereocenters. The first kappa shape index (κ1) is 13.4. The summed E-state index contributed by atoms with van der Waals surface area (Å²) in [6.45, 7) is 10.8. The topological polar surface area (TPSA) is 29.9 Å². The summed E-state index contributed by atoms with van der Waals surface area (Å²) in [5, 5.41) is 3.48. The molecule has 92 valence electrons. The molecule has 0 amide bonds. The third kappa shape index (κ3) is 3.74. The molecule has 0 saturated carbocycles. The van der Waals surface area contributed by atoms with Crippen LogP contribution in [0.25, 0.3) is 0 Å². The largest absolute Gasteiger partial charge is 0.352 e. The van der Waals surface area contributed by atoms with Crippen molar-refractivity contribution in [3.05, 3.63) is 11.9 Å². The van der Waals surface area contributed by atoms with Crippen LogP contribution in [-0.2, 0) is 0 Å². The molecule has 4 heteroatoms. The Morgan fingerprint density at radius 3 is 2.69 bits per heavy atom. The van der Waals surface area contributed by atoms with Gasteiger partial charge >= 0.3 is 0 Å². The molecule has 1 N–H and O–H groups in total. The van der Waals surface area contributed by atoms with E-state index in [0.29, 0.717) is 12.1 Å². The Kier molecular flexibility index (Phi) is 5.19. The van der Waals surface area contributed by atoms with E-state index in [2.05, 4.69) is 48.8 Å². The molecule has 0 radical (unpaired) electrons. The zero-order chi connectivity index (χ0) is 12.1. The van der Waals surface area contributed by atoms with E-state index in [1.165, 1.54) is 5.75 Å². The predicted molar refractivity (Wildman–Crippen MR) is 73.4 cm³/mol. The van der Waals surface area contributed by atoms with Gasteiger partial charge in [-0.15, -0.1) is 0 Å². The van der Waals surface area contributed by atoms with Gasteiger partial charge in [0.15, 0.2) is 0 Å². The molecule has 0 fully saturated rings. The number of aryl methyl sites for hydroxylation is 1. The van der Waals surface area contributed by atoms with Gasteiger partial charge in [-0.1, -0.05) is 6.92 Å². The van der Waals surface area contributed by atoms with E-state index in [4.69, 9.17) is 0 Å². The van der Waals surface area contributed by atoms with Gasteiger partial charge in [-0.3, -0.25) is 0 Å². The van der Waals surface area contributed by atoms with E-state index < -0.39 is 0 Å². The summed E-state index contributed by atoms with van der Waals surface area (Å²) in [4.78, 5) is 4.52. The summed E-state index contributed by atoms with van der Waals surface area (Å²) < 4.78 is 2.20. The molecule has 1 aromatic rings. The Hall–Kier alpha value is -0.640. The Morgan fingerprint density at radius 1 is 1.44 bits per heavy atom. The zero-order valence-electron chi connectivity index (χ0n) is 10.9. The van der Waals surface area contributed by atoms with Crippen molar-refractivity contribution in [2.24, 2.45) is 0 Å². The highest BCUT2D eigenvalue weighted by atomic mass is 32.2. The molecule has 0 aromatic carbocycles. The van der Waals surface area contributed by atoms with Gasteiger partial charge in [0.2, 0.25) is 5.95 Å². The highest BCUT2D eigenvalue weighted by Crippen LogP contribution is 2.16. The highest BCUT2D eigenvalue weighted by molar-refractivity contribution is 7.99. The van der Waals surface area contributed by atoms with Gasteiger partial charge in [0.1, 0.15) is 0 Å². The number of hydrogen-bond acceptors (Lipinski definition) is 3. The first-order valence-electron chi connectivity index (χ1n) is 5.94. The number of hydrogen-bond donors (Lipinski definition) is 1. The van der Waals surface area contributed by atoms with Crippen LogP contribution in [-0.4, -0.2) is 27.1 Å². The molecule has 0 spiro atoms. The van der Waals surface area contributed by atoms with Crippen molar-refractivity contribution >= 4 is 17.7 Å². The molecule has 1 aromatic heterocycles. The molecule has 1 unspecified atom stereocenters. The Morgan fingerprint density at radius 2 is 2.12 bits per heavy atom. The van der Waals surface area contributed by atoms with Gasteiger partial charge in [-0.2, -0.15) is 11.8 Å². The molecule has 16 heavy (non-hydrogen) atoms. The third-order valence-electron chi connectivity index (χ3n) is 2.36. The normalized spacial score (nSPS) is 13.1. The van der Waals surface area contributed by atoms with Crippen LogP contribution in [0.4, 0.5) is 5.95 Å². The first-order valence-corrected chi connectivity index (χ1v) is 7.09. The average molecular weight is 241 g/mol. The predicted octanol–water partition coefficient (Wildman–Crippen LogP) is 3.33. The SMILES string of the molecule is CCSCC(C)Nc1nc(C)cn1C(C)C. The second kappa shape index (κ2) is 6.18. The highest BCUT2D eigenvalue weighted by Gasteiger charge is 2.10. The molecule has 1 rings (SSSR count). The number of imidazole rings is 1. The number of anilines is 1. The van der Waals surface area contributed by atoms with Crippen molar-refractivity contribution in [3.8, 4) is 0 Å². The minimum absolute atomic E-state index is 0.453. The molecular formula is C12H23N3S. The maximum atomic E-state index is 4.52. The lowest BCUT2D eigenvalue weighted by Gasteiger charge is -2.17. The van der Waals surface area contributed by atoms with Crippen LogP contribution in [0.3, 0.4) is 0 Å². The van der Waals surface area contributed by atoms with Gasteiger partial charge in [0.05, 0.1) is 5.69 Å². The van der Waals surface area contributed by atoms with Crippen LogP contribution < -0.4 is 5.32 Å². The first-order chi connectivity index (χ1) is 7.54. The lowest BCUT2D eigenvalue weighted by atomic mass is 10.4. The van der Waals surface area contributed by atoms with Crippen molar-refractivity contribution in [1.82, 2.24) is 9.55 Å². The van der Waals surface area contributed by atoms with E-state index in [1.54, 1.807) is 0 Å². The smallest absolute Gasteiger partial charge is 0.203 e. The van der Waals surface area contributed by atoms with Crippen LogP contribution in [0.15, 0.2) is 6.20 Å². The fourth-order valence-electron chi connectivity index (χ4n) is 1.57.